The van der Waals surface area contributed by atoms with E-state index < -0.39 is 0 Å². The summed E-state index contributed by atoms with van der Waals surface area (Å²) in [4.78, 5) is 3.19. The minimum Gasteiger partial charge on any atom is -0.492 e. The molecule has 2 heterocycles. The van der Waals surface area contributed by atoms with Crippen molar-refractivity contribution in [2.24, 2.45) is 0 Å². The number of nitrogens with zero attached hydrogens (tertiary/aromatic N) is 3. The third kappa shape index (κ3) is 3.19. The van der Waals surface area contributed by atoms with Gasteiger partial charge in [0.25, 0.3) is 0 Å². The predicted molar refractivity (Wildman–Crippen MR) is 97.0 cm³/mol. The molecule has 0 fully saturated rings. The molecule has 0 saturated heterocycles. The van der Waals surface area contributed by atoms with Gasteiger partial charge in [-0.3, -0.25) is 0 Å². The first-order valence-electron chi connectivity index (χ1n) is 7.64. The summed E-state index contributed by atoms with van der Waals surface area (Å²) in [5.74, 6) is 0.844. The number of nitrogens with one attached hydrogen (secondary N) is 1. The largest absolute Gasteiger partial charge is 0.492 e. The second kappa shape index (κ2) is 6.49. The van der Waals surface area contributed by atoms with Crippen molar-refractivity contribution in [2.45, 2.75) is 6.54 Å². The molecule has 0 spiro atoms. The molecule has 0 amide bonds. The maximum Gasteiger partial charge on any atom is 0.119 e. The van der Waals surface area contributed by atoms with Crippen LogP contribution in [0.4, 0.5) is 0 Å². The molecule has 0 aliphatic rings. The number of fused-ring (bicyclic) bond motifs is 1. The monoisotopic (exact) mass is 382 g/mol. The van der Waals surface area contributed by atoms with Gasteiger partial charge in [-0.05, 0) is 42.5 Å². The molecule has 4 rings (SSSR count). The van der Waals surface area contributed by atoms with Crippen LogP contribution in [0.1, 0.15) is 0 Å². The van der Waals surface area contributed by atoms with Crippen LogP contribution in [0.25, 0.3) is 22.2 Å². The van der Waals surface area contributed by atoms with E-state index in [0.29, 0.717) is 13.2 Å². The van der Waals surface area contributed by atoms with E-state index in [1.807, 2.05) is 42.7 Å². The van der Waals surface area contributed by atoms with Crippen LogP contribution in [0.3, 0.4) is 0 Å². The molecule has 4 aromatic rings. The normalized spacial score (nSPS) is 11.0. The Hall–Kier alpha value is -2.60. The van der Waals surface area contributed by atoms with Gasteiger partial charge in [0.05, 0.1) is 12.7 Å². The molecule has 120 valence electrons. The zero-order valence-electron chi connectivity index (χ0n) is 12.8. The van der Waals surface area contributed by atoms with Crippen molar-refractivity contribution < 1.29 is 4.74 Å². The highest BCUT2D eigenvalue weighted by atomic mass is 79.9. The average Bonchev–Trinajstić information content (AvgIpc) is 3.25. The Bertz CT molecular complexity index is 958. The molecule has 5 nitrogen and oxygen atoms in total. The van der Waals surface area contributed by atoms with Crippen molar-refractivity contribution in [1.29, 1.82) is 0 Å². The van der Waals surface area contributed by atoms with Crippen LogP contribution in [-0.2, 0) is 6.54 Å². The van der Waals surface area contributed by atoms with Crippen molar-refractivity contribution in [3.8, 4) is 17.0 Å². The fourth-order valence-corrected chi connectivity index (χ4v) is 2.80. The van der Waals surface area contributed by atoms with Crippen LogP contribution in [0.5, 0.6) is 5.75 Å². The zero-order valence-corrected chi connectivity index (χ0v) is 14.4. The maximum atomic E-state index is 5.71. The number of aromatic amines is 1. The highest BCUT2D eigenvalue weighted by Crippen LogP contribution is 2.22. The van der Waals surface area contributed by atoms with Crippen molar-refractivity contribution in [1.82, 2.24) is 20.0 Å². The summed E-state index contributed by atoms with van der Waals surface area (Å²) in [5.41, 5.74) is 3.04. The van der Waals surface area contributed by atoms with Gasteiger partial charge in [-0.2, -0.15) is 0 Å². The SMILES string of the molecule is Brc1ccc(OCCn2cc(-c3ccc4[nH]ccc4c3)nn2)cc1. The lowest BCUT2D eigenvalue weighted by Crippen LogP contribution is -2.08. The fourth-order valence-electron chi connectivity index (χ4n) is 2.54. The molecule has 0 bridgehead atoms. The number of halogens is 1. The van der Waals surface area contributed by atoms with E-state index in [2.05, 4.69) is 49.4 Å². The zero-order chi connectivity index (χ0) is 16.4. The summed E-state index contributed by atoms with van der Waals surface area (Å²) in [7, 11) is 0. The first-order valence-corrected chi connectivity index (χ1v) is 8.43. The molecule has 0 saturated carbocycles. The van der Waals surface area contributed by atoms with Gasteiger partial charge in [0, 0.05) is 27.1 Å². The van der Waals surface area contributed by atoms with Gasteiger partial charge >= 0.3 is 0 Å². The maximum absolute atomic E-state index is 5.71. The first-order chi connectivity index (χ1) is 11.8. The van der Waals surface area contributed by atoms with E-state index in [1.54, 1.807) is 4.68 Å². The summed E-state index contributed by atoms with van der Waals surface area (Å²) in [6, 6.07) is 16.0. The highest BCUT2D eigenvalue weighted by molar-refractivity contribution is 9.10. The van der Waals surface area contributed by atoms with Crippen LogP contribution in [-0.4, -0.2) is 26.6 Å². The van der Waals surface area contributed by atoms with E-state index in [4.69, 9.17) is 4.74 Å². The molecule has 24 heavy (non-hydrogen) atoms. The van der Waals surface area contributed by atoms with Gasteiger partial charge in [-0.25, -0.2) is 4.68 Å². The van der Waals surface area contributed by atoms with Gasteiger partial charge in [0.15, 0.2) is 0 Å². The molecule has 6 heteroatoms. The van der Waals surface area contributed by atoms with Gasteiger partial charge in [0.1, 0.15) is 18.1 Å². The summed E-state index contributed by atoms with van der Waals surface area (Å²) >= 11 is 3.41. The first kappa shape index (κ1) is 15.0. The summed E-state index contributed by atoms with van der Waals surface area (Å²) < 4.78 is 8.55. The number of hydrogen-bond donors (Lipinski definition) is 1. The standard InChI is InChI=1S/C18H15BrN4O/c19-15-2-4-16(5-3-15)24-10-9-23-12-18(21-22-23)13-1-6-17-14(11-13)7-8-20-17/h1-8,11-12,20H,9-10H2. The predicted octanol–water partition coefficient (Wildman–Crippen LogP) is 4.27. The average molecular weight is 383 g/mol. The number of hydrogen-bond acceptors (Lipinski definition) is 3. The third-order valence-corrected chi connectivity index (χ3v) is 4.32. The molecule has 0 unspecified atom stereocenters. The molecule has 1 N–H and O–H groups in total. The van der Waals surface area contributed by atoms with E-state index in [0.717, 1.165) is 27.0 Å². The fraction of sp³-hybridized carbons (Fsp3) is 0.111. The summed E-state index contributed by atoms with van der Waals surface area (Å²) in [6.07, 6.45) is 3.88. The Morgan fingerprint density at radius 3 is 2.83 bits per heavy atom. The third-order valence-electron chi connectivity index (χ3n) is 3.79. The smallest absolute Gasteiger partial charge is 0.119 e. The van der Waals surface area contributed by atoms with Crippen LogP contribution in [0, 0.1) is 0 Å². The molecule has 0 aliphatic carbocycles. The Morgan fingerprint density at radius 2 is 1.96 bits per heavy atom. The molecular weight excluding hydrogens is 368 g/mol. The van der Waals surface area contributed by atoms with Crippen molar-refractivity contribution in [3.05, 3.63) is 65.4 Å². The van der Waals surface area contributed by atoms with Crippen LogP contribution >= 0.6 is 15.9 Å². The van der Waals surface area contributed by atoms with Gasteiger partial charge in [-0.15, -0.1) is 5.10 Å². The number of rotatable bonds is 5. The lowest BCUT2D eigenvalue weighted by atomic mass is 10.1. The van der Waals surface area contributed by atoms with Crippen molar-refractivity contribution in [2.75, 3.05) is 6.61 Å². The van der Waals surface area contributed by atoms with Crippen molar-refractivity contribution in [3.63, 3.8) is 0 Å². The van der Waals surface area contributed by atoms with Crippen LogP contribution in [0.2, 0.25) is 0 Å². The number of H-pyrrole nitrogens is 1. The quantitative estimate of drug-likeness (QED) is 0.560. The Labute approximate surface area is 147 Å². The molecule has 0 aliphatic heterocycles. The molecule has 2 aromatic heterocycles. The molecule has 0 radical (unpaired) electrons. The van der Waals surface area contributed by atoms with E-state index in [9.17, 15) is 0 Å². The lowest BCUT2D eigenvalue weighted by molar-refractivity contribution is 0.289. The Morgan fingerprint density at radius 1 is 1.08 bits per heavy atom. The number of ether oxygens (including phenoxy) is 1. The van der Waals surface area contributed by atoms with E-state index in [-0.39, 0.29) is 0 Å². The number of benzene rings is 2. The highest BCUT2D eigenvalue weighted by Gasteiger charge is 2.05. The van der Waals surface area contributed by atoms with Gasteiger partial charge < -0.3 is 9.72 Å². The Kier molecular flexibility index (Phi) is 4.04. The number of aromatic nitrogens is 4. The van der Waals surface area contributed by atoms with Gasteiger partial charge in [-0.1, -0.05) is 27.2 Å². The van der Waals surface area contributed by atoms with E-state index >= 15 is 0 Å². The van der Waals surface area contributed by atoms with Gasteiger partial charge in [0.2, 0.25) is 0 Å². The Balaban J connectivity index is 1.41. The van der Waals surface area contributed by atoms with Crippen LogP contribution < -0.4 is 4.74 Å². The second-order valence-corrected chi connectivity index (χ2v) is 6.36. The molecule has 0 atom stereocenters. The second-order valence-electron chi connectivity index (χ2n) is 5.45. The summed E-state index contributed by atoms with van der Waals surface area (Å²) in [6.45, 7) is 1.19. The van der Waals surface area contributed by atoms with E-state index in [1.165, 1.54) is 5.39 Å². The topological polar surface area (TPSA) is 55.7 Å². The molecule has 2 aromatic carbocycles. The lowest BCUT2D eigenvalue weighted by Gasteiger charge is -2.05. The minimum atomic E-state index is 0.543. The molecular formula is C18H15BrN4O. The summed E-state index contributed by atoms with van der Waals surface area (Å²) in [5, 5.41) is 9.60. The van der Waals surface area contributed by atoms with Crippen LogP contribution in [0.15, 0.2) is 65.4 Å². The van der Waals surface area contributed by atoms with Crippen molar-refractivity contribution >= 4 is 26.8 Å². The minimum absolute atomic E-state index is 0.543.